The Labute approximate surface area is 119 Å². The van der Waals surface area contributed by atoms with Crippen LogP contribution in [-0.2, 0) is 9.53 Å². The van der Waals surface area contributed by atoms with Crippen LogP contribution in [0.25, 0.3) is 0 Å². The Balaban J connectivity index is 2.47. The van der Waals surface area contributed by atoms with Crippen molar-refractivity contribution in [3.05, 3.63) is 42.5 Å². The minimum absolute atomic E-state index is 0.145. The van der Waals surface area contributed by atoms with E-state index in [0.29, 0.717) is 24.4 Å². The average molecular weight is 276 g/mol. The van der Waals surface area contributed by atoms with Gasteiger partial charge in [-0.25, -0.2) is 4.79 Å². The molecular formula is C15H20N2O3. The number of carbonyl (C=O) groups excluding carboxylic acids is 2. The molecule has 0 aliphatic carbocycles. The first-order valence-corrected chi connectivity index (χ1v) is 6.56. The quantitative estimate of drug-likeness (QED) is 0.433. The summed E-state index contributed by atoms with van der Waals surface area (Å²) in [6.45, 7) is 6.69. The number of hydrogen-bond donors (Lipinski definition) is 2. The van der Waals surface area contributed by atoms with Crippen molar-refractivity contribution in [2.24, 2.45) is 0 Å². The van der Waals surface area contributed by atoms with Crippen LogP contribution in [0, 0.1) is 0 Å². The lowest BCUT2D eigenvalue weighted by Crippen LogP contribution is -2.28. The molecule has 0 aliphatic rings. The van der Waals surface area contributed by atoms with Gasteiger partial charge < -0.3 is 15.4 Å². The molecule has 5 heteroatoms. The molecule has 0 bridgehead atoms. The van der Waals surface area contributed by atoms with Gasteiger partial charge >= 0.3 is 5.97 Å². The fraction of sp³-hybridized carbons (Fsp3) is 0.333. The van der Waals surface area contributed by atoms with Gasteiger partial charge in [0.1, 0.15) is 0 Å². The van der Waals surface area contributed by atoms with Crippen molar-refractivity contribution < 1.29 is 14.3 Å². The molecule has 2 N–H and O–H groups in total. The molecule has 0 fully saturated rings. The summed E-state index contributed by atoms with van der Waals surface area (Å²) in [4.78, 5) is 23.1. The summed E-state index contributed by atoms with van der Waals surface area (Å²) in [7, 11) is 0. The summed E-state index contributed by atoms with van der Waals surface area (Å²) in [5.41, 5.74) is 1.11. The number of carbonyl (C=O) groups is 2. The van der Waals surface area contributed by atoms with Crippen LogP contribution in [0.1, 0.15) is 23.7 Å². The van der Waals surface area contributed by atoms with Gasteiger partial charge in [0, 0.05) is 12.2 Å². The van der Waals surface area contributed by atoms with Gasteiger partial charge in [0.2, 0.25) is 5.91 Å². The molecule has 1 amide bonds. The van der Waals surface area contributed by atoms with Crippen LogP contribution < -0.4 is 10.6 Å². The monoisotopic (exact) mass is 276 g/mol. The molecule has 1 rings (SSSR count). The van der Waals surface area contributed by atoms with E-state index in [1.807, 2.05) is 6.92 Å². The Hall–Kier alpha value is -2.14. The highest BCUT2D eigenvalue weighted by atomic mass is 16.5. The second-order valence-corrected chi connectivity index (χ2v) is 4.18. The maximum Gasteiger partial charge on any atom is 0.338 e. The van der Waals surface area contributed by atoms with Crippen LogP contribution in [0.2, 0.25) is 0 Å². The van der Waals surface area contributed by atoms with Crippen LogP contribution in [0.5, 0.6) is 0 Å². The van der Waals surface area contributed by atoms with Gasteiger partial charge in [0.05, 0.1) is 18.7 Å². The minimum atomic E-state index is -0.350. The maximum atomic E-state index is 11.6. The zero-order valence-electron chi connectivity index (χ0n) is 11.6. The van der Waals surface area contributed by atoms with Crippen molar-refractivity contribution in [1.82, 2.24) is 5.32 Å². The molecule has 0 spiro atoms. The molecule has 20 heavy (non-hydrogen) atoms. The molecule has 0 atom stereocenters. The highest BCUT2D eigenvalue weighted by Gasteiger charge is 2.07. The van der Waals surface area contributed by atoms with Crippen LogP contribution in [0.15, 0.2) is 36.9 Å². The smallest absolute Gasteiger partial charge is 0.338 e. The summed E-state index contributed by atoms with van der Waals surface area (Å²) < 4.78 is 5.02. The predicted molar refractivity (Wildman–Crippen MR) is 78.7 cm³/mol. The van der Waals surface area contributed by atoms with Crippen LogP contribution in [0.4, 0.5) is 5.69 Å². The topological polar surface area (TPSA) is 67.4 Å². The SMILES string of the molecule is C=CCNCC(=O)Nc1ccc(C(=O)OCCC)cc1. The molecule has 0 saturated carbocycles. The molecule has 0 radical (unpaired) electrons. The fourth-order valence-corrected chi connectivity index (χ4v) is 1.46. The van der Waals surface area contributed by atoms with E-state index in [1.165, 1.54) is 0 Å². The molecule has 0 unspecified atom stereocenters. The van der Waals surface area contributed by atoms with Crippen molar-refractivity contribution in [2.45, 2.75) is 13.3 Å². The lowest BCUT2D eigenvalue weighted by Gasteiger charge is -2.07. The Kier molecular flexibility index (Phi) is 7.06. The number of rotatable bonds is 8. The molecule has 1 aromatic carbocycles. The van der Waals surface area contributed by atoms with Crippen molar-refractivity contribution in [2.75, 3.05) is 25.0 Å². The molecule has 0 heterocycles. The van der Waals surface area contributed by atoms with Gasteiger partial charge in [-0.1, -0.05) is 13.0 Å². The third-order valence-corrected chi connectivity index (χ3v) is 2.42. The highest BCUT2D eigenvalue weighted by molar-refractivity contribution is 5.94. The van der Waals surface area contributed by atoms with Gasteiger partial charge in [-0.15, -0.1) is 6.58 Å². The fourth-order valence-electron chi connectivity index (χ4n) is 1.46. The lowest BCUT2D eigenvalue weighted by molar-refractivity contribution is -0.115. The first-order valence-electron chi connectivity index (χ1n) is 6.56. The summed E-state index contributed by atoms with van der Waals surface area (Å²) in [5.74, 6) is -0.495. The summed E-state index contributed by atoms with van der Waals surface area (Å²) in [6.07, 6.45) is 2.47. The summed E-state index contributed by atoms with van der Waals surface area (Å²) >= 11 is 0. The number of esters is 1. The Morgan fingerprint density at radius 2 is 2.00 bits per heavy atom. The van der Waals surface area contributed by atoms with Gasteiger partial charge in [0.25, 0.3) is 0 Å². The second-order valence-electron chi connectivity index (χ2n) is 4.18. The van der Waals surface area contributed by atoms with E-state index in [1.54, 1.807) is 30.3 Å². The summed E-state index contributed by atoms with van der Waals surface area (Å²) in [6, 6.07) is 6.61. The minimum Gasteiger partial charge on any atom is -0.462 e. The van der Waals surface area contributed by atoms with Crippen molar-refractivity contribution in [1.29, 1.82) is 0 Å². The van der Waals surface area contributed by atoms with Crippen molar-refractivity contribution in [3.8, 4) is 0 Å². The highest BCUT2D eigenvalue weighted by Crippen LogP contribution is 2.10. The first kappa shape index (κ1) is 15.9. The molecule has 0 aliphatic heterocycles. The number of ether oxygens (including phenoxy) is 1. The normalized spacial score (nSPS) is 9.85. The van der Waals surface area contributed by atoms with Gasteiger partial charge in [-0.3, -0.25) is 4.79 Å². The molecular weight excluding hydrogens is 256 g/mol. The molecule has 1 aromatic rings. The molecule has 0 aromatic heterocycles. The number of amides is 1. The van der Waals surface area contributed by atoms with Crippen LogP contribution in [0.3, 0.4) is 0 Å². The van der Waals surface area contributed by atoms with Crippen molar-refractivity contribution >= 4 is 17.6 Å². The predicted octanol–water partition coefficient (Wildman–Crippen LogP) is 1.97. The van der Waals surface area contributed by atoms with E-state index in [2.05, 4.69) is 17.2 Å². The van der Waals surface area contributed by atoms with Crippen LogP contribution in [-0.4, -0.2) is 31.6 Å². The number of benzene rings is 1. The van der Waals surface area contributed by atoms with Gasteiger partial charge in [0.15, 0.2) is 0 Å². The average Bonchev–Trinajstić information content (AvgIpc) is 2.46. The molecule has 108 valence electrons. The Morgan fingerprint density at radius 3 is 2.60 bits per heavy atom. The third-order valence-electron chi connectivity index (χ3n) is 2.42. The van der Waals surface area contributed by atoms with E-state index in [0.717, 1.165) is 6.42 Å². The Bertz CT molecular complexity index is 455. The zero-order chi connectivity index (χ0) is 14.8. The third kappa shape index (κ3) is 5.67. The van der Waals surface area contributed by atoms with E-state index < -0.39 is 0 Å². The van der Waals surface area contributed by atoms with E-state index >= 15 is 0 Å². The maximum absolute atomic E-state index is 11.6. The number of nitrogens with one attached hydrogen (secondary N) is 2. The summed E-state index contributed by atoms with van der Waals surface area (Å²) in [5, 5.41) is 5.63. The van der Waals surface area contributed by atoms with Crippen molar-refractivity contribution in [3.63, 3.8) is 0 Å². The van der Waals surface area contributed by atoms with Gasteiger partial charge in [-0.2, -0.15) is 0 Å². The van der Waals surface area contributed by atoms with E-state index in [9.17, 15) is 9.59 Å². The van der Waals surface area contributed by atoms with E-state index in [-0.39, 0.29) is 18.4 Å². The lowest BCUT2D eigenvalue weighted by atomic mass is 10.2. The standard InChI is InChI=1S/C15H20N2O3/c1-3-9-16-11-14(18)17-13-7-5-12(6-8-13)15(19)20-10-4-2/h3,5-8,16H,1,4,9-11H2,2H3,(H,17,18). The first-order chi connectivity index (χ1) is 9.67. The van der Waals surface area contributed by atoms with E-state index in [4.69, 9.17) is 4.74 Å². The van der Waals surface area contributed by atoms with Gasteiger partial charge in [-0.05, 0) is 30.7 Å². The largest absolute Gasteiger partial charge is 0.462 e. The zero-order valence-corrected chi connectivity index (χ0v) is 11.6. The Morgan fingerprint density at radius 1 is 1.30 bits per heavy atom. The molecule has 5 nitrogen and oxygen atoms in total. The number of hydrogen-bond acceptors (Lipinski definition) is 4. The van der Waals surface area contributed by atoms with Crippen LogP contribution >= 0.6 is 0 Å². The molecule has 0 saturated heterocycles. The second kappa shape index (κ2) is 8.87. The number of anilines is 1.